The zero-order valence-corrected chi connectivity index (χ0v) is 13.6. The number of carbonyl (C=O) groups is 2. The van der Waals surface area contributed by atoms with Crippen molar-refractivity contribution in [3.8, 4) is 0 Å². The van der Waals surface area contributed by atoms with Crippen molar-refractivity contribution in [2.24, 2.45) is 0 Å². The van der Waals surface area contributed by atoms with E-state index in [1.807, 2.05) is 13.8 Å². The first-order valence-electron chi connectivity index (χ1n) is 7.84. The number of esters is 1. The van der Waals surface area contributed by atoms with Gasteiger partial charge in [-0.25, -0.2) is 4.79 Å². The van der Waals surface area contributed by atoms with Gasteiger partial charge in [-0.1, -0.05) is 0 Å². The molecule has 3 fully saturated rings. The number of Topliss-reactive ketones (excluding diaryl/α,β-unsaturated/α-hetero) is 1. The van der Waals surface area contributed by atoms with Crippen LogP contribution in [0.15, 0.2) is 0 Å². The average molecular weight is 306 g/mol. The highest BCUT2D eigenvalue weighted by molar-refractivity contribution is 6.02. The lowest BCUT2D eigenvalue weighted by molar-refractivity contribution is -0.933. The Morgan fingerprint density at radius 3 is 2.32 bits per heavy atom. The number of H-pyrrole nitrogens is 1. The molecule has 4 rings (SSSR count). The van der Waals surface area contributed by atoms with Crippen LogP contribution in [0, 0.1) is 13.8 Å². The fraction of sp³-hybridized carbons (Fsp3) is 0.625. The third kappa shape index (κ3) is 2.46. The quantitative estimate of drug-likeness (QED) is 0.506. The number of fused-ring (bicyclic) bond motifs is 3. The Bertz CT molecular complexity index is 599. The first kappa shape index (κ1) is 15.2. The van der Waals surface area contributed by atoms with Gasteiger partial charge >= 0.3 is 5.97 Å². The Balaban J connectivity index is 1.82. The average Bonchev–Trinajstić information content (AvgIpc) is 2.83. The van der Waals surface area contributed by atoms with Gasteiger partial charge in [0.25, 0.3) is 0 Å². The van der Waals surface area contributed by atoms with Crippen LogP contribution in [0.1, 0.15) is 32.1 Å². The van der Waals surface area contributed by atoms with Crippen molar-refractivity contribution in [2.75, 3.05) is 52.9 Å². The number of nitrogens with zero attached hydrogens (tertiary/aromatic N) is 2. The van der Waals surface area contributed by atoms with E-state index in [9.17, 15) is 9.59 Å². The summed E-state index contributed by atoms with van der Waals surface area (Å²) in [4.78, 5) is 30.2. The molecule has 0 unspecified atom stereocenters. The lowest BCUT2D eigenvalue weighted by atomic mass is 10.1. The van der Waals surface area contributed by atoms with Crippen LogP contribution in [-0.4, -0.2) is 79.0 Å². The molecule has 0 radical (unpaired) electrons. The predicted molar refractivity (Wildman–Crippen MR) is 82.1 cm³/mol. The maximum atomic E-state index is 12.8. The molecule has 0 amide bonds. The zero-order chi connectivity index (χ0) is 15.9. The number of rotatable bonds is 4. The molecule has 0 aliphatic carbocycles. The van der Waals surface area contributed by atoms with E-state index in [1.165, 1.54) is 7.11 Å². The summed E-state index contributed by atoms with van der Waals surface area (Å²) < 4.78 is 5.70. The number of aromatic nitrogens is 1. The Morgan fingerprint density at radius 1 is 1.18 bits per heavy atom. The Labute approximate surface area is 130 Å². The van der Waals surface area contributed by atoms with Crippen LogP contribution in [0.4, 0.5) is 0 Å². The lowest BCUT2D eigenvalue weighted by Crippen LogP contribution is -2.68. The number of carbonyl (C=O) groups excluding carboxylic acids is 2. The summed E-state index contributed by atoms with van der Waals surface area (Å²) in [5.41, 5.74) is 2.48. The highest BCUT2D eigenvalue weighted by Gasteiger charge is 2.40. The highest BCUT2D eigenvalue weighted by atomic mass is 16.5. The second-order valence-corrected chi connectivity index (χ2v) is 6.55. The van der Waals surface area contributed by atoms with Crippen molar-refractivity contribution in [1.29, 1.82) is 0 Å². The first-order valence-corrected chi connectivity index (χ1v) is 7.84. The largest absolute Gasteiger partial charge is 0.465 e. The highest BCUT2D eigenvalue weighted by Crippen LogP contribution is 2.23. The maximum absolute atomic E-state index is 12.8. The van der Waals surface area contributed by atoms with Crippen LogP contribution in [-0.2, 0) is 4.74 Å². The van der Waals surface area contributed by atoms with Crippen molar-refractivity contribution >= 4 is 11.8 Å². The number of quaternary nitrogens is 1. The third-order valence-electron chi connectivity index (χ3n) is 5.26. The van der Waals surface area contributed by atoms with Gasteiger partial charge < -0.3 is 14.2 Å². The minimum atomic E-state index is -0.385. The second-order valence-electron chi connectivity index (χ2n) is 6.55. The van der Waals surface area contributed by atoms with E-state index in [0.717, 1.165) is 43.8 Å². The van der Waals surface area contributed by atoms with E-state index >= 15 is 0 Å². The summed E-state index contributed by atoms with van der Waals surface area (Å²) in [6.07, 6.45) is 0. The van der Waals surface area contributed by atoms with E-state index in [1.54, 1.807) is 0 Å². The topological polar surface area (TPSA) is 62.4 Å². The molecule has 6 nitrogen and oxygen atoms in total. The fourth-order valence-electron chi connectivity index (χ4n) is 3.79. The number of hydrogen-bond acceptors (Lipinski definition) is 4. The molecule has 0 atom stereocenters. The summed E-state index contributed by atoms with van der Waals surface area (Å²) >= 11 is 0. The van der Waals surface area contributed by atoms with Gasteiger partial charge in [0, 0.05) is 25.3 Å². The summed E-state index contributed by atoms with van der Waals surface area (Å²) in [6.45, 7) is 10.6. The van der Waals surface area contributed by atoms with Gasteiger partial charge in [0.05, 0.1) is 38.0 Å². The molecule has 1 aromatic rings. The van der Waals surface area contributed by atoms with Gasteiger partial charge in [-0.15, -0.1) is 0 Å². The summed E-state index contributed by atoms with van der Waals surface area (Å²) in [7, 11) is 1.36. The van der Waals surface area contributed by atoms with Crippen molar-refractivity contribution < 1.29 is 18.8 Å². The van der Waals surface area contributed by atoms with Crippen LogP contribution in [0.5, 0.6) is 0 Å². The lowest BCUT2D eigenvalue weighted by Gasteiger charge is -2.50. The summed E-state index contributed by atoms with van der Waals surface area (Å²) in [5, 5.41) is 0. The molecule has 0 aromatic carbocycles. The third-order valence-corrected chi connectivity index (χ3v) is 5.26. The normalized spacial score (nSPS) is 27.0. The molecule has 3 saturated heterocycles. The molecule has 3 aliphatic rings. The number of piperazine rings is 3. The number of ketones is 1. The molecule has 1 N–H and O–H groups in total. The molecule has 1 aromatic heterocycles. The van der Waals surface area contributed by atoms with Crippen LogP contribution >= 0.6 is 0 Å². The van der Waals surface area contributed by atoms with Crippen molar-refractivity contribution in [1.82, 2.24) is 9.88 Å². The number of methoxy groups -OCH3 is 1. The fourth-order valence-corrected chi connectivity index (χ4v) is 3.79. The van der Waals surface area contributed by atoms with E-state index in [-0.39, 0.29) is 11.8 Å². The van der Waals surface area contributed by atoms with Gasteiger partial charge in [-0.05, 0) is 19.4 Å². The van der Waals surface area contributed by atoms with Crippen LogP contribution in [0.3, 0.4) is 0 Å². The Morgan fingerprint density at radius 2 is 1.77 bits per heavy atom. The number of hydrogen-bond donors (Lipinski definition) is 1. The van der Waals surface area contributed by atoms with E-state index in [0.29, 0.717) is 29.1 Å². The molecular weight excluding hydrogens is 282 g/mol. The molecule has 0 spiro atoms. The van der Waals surface area contributed by atoms with Gasteiger partial charge in [0.15, 0.2) is 0 Å². The van der Waals surface area contributed by atoms with Crippen molar-refractivity contribution in [3.63, 3.8) is 0 Å². The van der Waals surface area contributed by atoms with E-state index in [4.69, 9.17) is 4.74 Å². The predicted octanol–water partition coefficient (Wildman–Crippen LogP) is 0.747. The van der Waals surface area contributed by atoms with Crippen LogP contribution < -0.4 is 0 Å². The van der Waals surface area contributed by atoms with E-state index < -0.39 is 0 Å². The van der Waals surface area contributed by atoms with Gasteiger partial charge in [-0.3, -0.25) is 9.69 Å². The SMILES string of the molecule is COC(=O)c1c(C)[nH]c(C(=O)C[N+]23CCN(CC2)CC3)c1C. The molecule has 2 bridgehead atoms. The zero-order valence-electron chi connectivity index (χ0n) is 13.6. The standard InChI is InChI=1S/C16H23N3O3/c1-11-14(16(21)22-3)12(2)17-15(11)13(20)10-19-7-4-18(5-8-19)6-9-19/h4-10H2,1-3H3/p+1. The molecule has 4 heterocycles. The molecule has 120 valence electrons. The molecule has 0 saturated carbocycles. The van der Waals surface area contributed by atoms with Crippen molar-refractivity contribution in [2.45, 2.75) is 13.8 Å². The van der Waals surface area contributed by atoms with Gasteiger partial charge in [0.2, 0.25) is 5.78 Å². The van der Waals surface area contributed by atoms with Crippen molar-refractivity contribution in [3.05, 3.63) is 22.5 Å². The maximum Gasteiger partial charge on any atom is 0.339 e. The molecule has 3 aliphatic heterocycles. The first-order chi connectivity index (χ1) is 10.5. The van der Waals surface area contributed by atoms with E-state index in [2.05, 4.69) is 9.88 Å². The minimum absolute atomic E-state index is 0.103. The summed E-state index contributed by atoms with van der Waals surface area (Å²) in [6, 6.07) is 0. The van der Waals surface area contributed by atoms with Gasteiger partial charge in [-0.2, -0.15) is 0 Å². The van der Waals surface area contributed by atoms with Crippen LogP contribution in [0.25, 0.3) is 0 Å². The Kier molecular flexibility index (Phi) is 3.82. The minimum Gasteiger partial charge on any atom is -0.465 e. The molecular formula is C16H24N3O3+. The molecule has 6 heteroatoms. The monoisotopic (exact) mass is 306 g/mol. The number of ether oxygens (including phenoxy) is 1. The molecule has 22 heavy (non-hydrogen) atoms. The number of aromatic amines is 1. The number of nitrogens with one attached hydrogen (secondary N) is 1. The second kappa shape index (κ2) is 5.52. The Hall–Kier alpha value is -1.66. The summed E-state index contributed by atoms with van der Waals surface area (Å²) in [5.74, 6) is -0.282. The van der Waals surface area contributed by atoms with Crippen LogP contribution in [0.2, 0.25) is 0 Å². The van der Waals surface area contributed by atoms with Gasteiger partial charge in [0.1, 0.15) is 6.54 Å². The smallest absolute Gasteiger partial charge is 0.339 e. The number of aryl methyl sites for hydroxylation is 1.